The third-order valence-corrected chi connectivity index (χ3v) is 4.71. The summed E-state index contributed by atoms with van der Waals surface area (Å²) in [5.74, 6) is -3.23. The number of carboxylic acid groups (broad SMARTS) is 2. The van der Waals surface area contributed by atoms with E-state index in [-0.39, 0.29) is 26.2 Å². The molecule has 0 aromatic carbocycles. The molecule has 32 heavy (non-hydrogen) atoms. The summed E-state index contributed by atoms with van der Waals surface area (Å²) >= 11 is 0. The van der Waals surface area contributed by atoms with Crippen LogP contribution in [0.3, 0.4) is 0 Å². The number of rotatable bonds is 10. The van der Waals surface area contributed by atoms with E-state index in [9.17, 15) is 29.4 Å². The highest BCUT2D eigenvalue weighted by molar-refractivity contribution is 5.71. The molecular weight excluding hydrogens is 432 g/mol. The Labute approximate surface area is 186 Å². The normalized spacial score (nSPS) is 18.3. The van der Waals surface area contributed by atoms with Gasteiger partial charge < -0.3 is 10.2 Å². The number of hydrogen-bond donors (Lipinski definition) is 2. The van der Waals surface area contributed by atoms with Crippen molar-refractivity contribution in [1.82, 2.24) is 19.6 Å². The van der Waals surface area contributed by atoms with Crippen LogP contribution in [-0.4, -0.2) is 146 Å². The van der Waals surface area contributed by atoms with Gasteiger partial charge >= 0.3 is 23.9 Å². The zero-order valence-electron chi connectivity index (χ0n) is 18.4. The van der Waals surface area contributed by atoms with Crippen LogP contribution in [0.4, 0.5) is 0 Å². The second kappa shape index (κ2) is 15.4. The van der Waals surface area contributed by atoms with Crippen molar-refractivity contribution in [1.29, 1.82) is 0 Å². The first-order valence-corrected chi connectivity index (χ1v) is 10.0. The molecule has 0 bridgehead atoms. The fraction of sp³-hybridized carbons (Fsp3) is 0.778. The van der Waals surface area contributed by atoms with Crippen LogP contribution in [0.2, 0.25) is 0 Å². The Kier molecular flexibility index (Phi) is 13.4. The number of hydrogen-bond acceptors (Lipinski definition) is 12. The lowest BCUT2D eigenvalue weighted by molar-refractivity contribution is -0.256. The first-order valence-electron chi connectivity index (χ1n) is 10.0. The van der Waals surface area contributed by atoms with Gasteiger partial charge in [-0.1, -0.05) is 0 Å². The summed E-state index contributed by atoms with van der Waals surface area (Å²) in [5, 5.41) is 18.4. The second-order valence-corrected chi connectivity index (χ2v) is 7.14. The largest absolute Gasteiger partial charge is 0.480 e. The van der Waals surface area contributed by atoms with Gasteiger partial charge in [-0.05, 0) is 0 Å². The van der Waals surface area contributed by atoms with E-state index in [1.807, 2.05) is 0 Å². The molecule has 0 aromatic heterocycles. The van der Waals surface area contributed by atoms with Gasteiger partial charge in [0, 0.05) is 52.4 Å². The maximum atomic E-state index is 11.9. The summed E-state index contributed by atoms with van der Waals surface area (Å²) in [6.45, 7) is 2.12. The number of aliphatic carboxylic acids is 2. The molecule has 0 unspecified atom stereocenters. The molecule has 1 saturated heterocycles. The smallest absolute Gasteiger partial charge is 0.356 e. The van der Waals surface area contributed by atoms with E-state index >= 15 is 0 Å². The molecular formula is C18H32N4O10. The Balaban J connectivity index is 2.95. The maximum Gasteiger partial charge on any atom is 0.356 e. The van der Waals surface area contributed by atoms with E-state index in [4.69, 9.17) is 0 Å². The SMILES string of the molecule is COOC(=O)CN1CCN(CC(=O)O)CCN(CC(=O)O)CCN(CC(=O)OOC)CC1. The molecule has 0 radical (unpaired) electrons. The van der Waals surface area contributed by atoms with E-state index in [0.29, 0.717) is 52.4 Å². The van der Waals surface area contributed by atoms with Gasteiger partial charge in [0.05, 0.1) is 27.3 Å². The second-order valence-electron chi connectivity index (χ2n) is 7.14. The monoisotopic (exact) mass is 464 g/mol. The van der Waals surface area contributed by atoms with Crippen molar-refractivity contribution >= 4 is 23.9 Å². The summed E-state index contributed by atoms with van der Waals surface area (Å²) in [5.41, 5.74) is 0. The van der Waals surface area contributed by atoms with Gasteiger partial charge in [0.2, 0.25) is 0 Å². The minimum absolute atomic E-state index is 0.0871. The maximum absolute atomic E-state index is 11.9. The van der Waals surface area contributed by atoms with E-state index in [1.165, 1.54) is 14.2 Å². The van der Waals surface area contributed by atoms with Crippen LogP contribution in [0.5, 0.6) is 0 Å². The fourth-order valence-electron chi connectivity index (χ4n) is 3.20. The molecule has 1 rings (SSSR count). The number of carbonyl (C=O) groups excluding carboxylic acids is 2. The summed E-state index contributed by atoms with van der Waals surface area (Å²) in [6, 6.07) is 0. The lowest BCUT2D eigenvalue weighted by Crippen LogP contribution is -2.49. The molecule has 14 heteroatoms. The quantitative estimate of drug-likeness (QED) is 0.260. The van der Waals surface area contributed by atoms with Gasteiger partial charge in [0.25, 0.3) is 0 Å². The molecule has 0 saturated carbocycles. The van der Waals surface area contributed by atoms with Crippen LogP contribution >= 0.6 is 0 Å². The van der Waals surface area contributed by atoms with Crippen LogP contribution in [0.1, 0.15) is 0 Å². The first kappa shape index (κ1) is 27.7. The topological polar surface area (TPSA) is 159 Å². The van der Waals surface area contributed by atoms with Crippen molar-refractivity contribution < 1.29 is 48.9 Å². The molecule has 0 aromatic rings. The van der Waals surface area contributed by atoms with Crippen molar-refractivity contribution in [2.45, 2.75) is 0 Å². The molecule has 184 valence electrons. The van der Waals surface area contributed by atoms with Gasteiger partial charge in [-0.3, -0.25) is 39.0 Å². The van der Waals surface area contributed by atoms with E-state index in [2.05, 4.69) is 19.6 Å². The minimum atomic E-state index is -1.00. The molecule has 2 N–H and O–H groups in total. The summed E-state index contributed by atoms with van der Waals surface area (Å²) < 4.78 is 0. The van der Waals surface area contributed by atoms with Crippen LogP contribution in [0, 0.1) is 0 Å². The third-order valence-electron chi connectivity index (χ3n) is 4.71. The highest BCUT2D eigenvalue weighted by Crippen LogP contribution is 2.02. The summed E-state index contributed by atoms with van der Waals surface area (Å²) in [4.78, 5) is 71.0. The highest BCUT2D eigenvalue weighted by Gasteiger charge is 2.22. The van der Waals surface area contributed by atoms with Crippen molar-refractivity contribution in [3.05, 3.63) is 0 Å². The fourth-order valence-corrected chi connectivity index (χ4v) is 3.20. The highest BCUT2D eigenvalue weighted by atomic mass is 17.2. The van der Waals surface area contributed by atoms with Crippen molar-refractivity contribution in [2.75, 3.05) is 92.8 Å². The molecule has 1 aliphatic rings. The van der Waals surface area contributed by atoms with E-state index in [1.54, 1.807) is 19.6 Å². The third kappa shape index (κ3) is 12.5. The van der Waals surface area contributed by atoms with Gasteiger partial charge in [-0.25, -0.2) is 9.59 Å². The zero-order chi connectivity index (χ0) is 23.9. The van der Waals surface area contributed by atoms with Crippen LogP contribution < -0.4 is 0 Å². The average Bonchev–Trinajstić information content (AvgIpc) is 2.69. The molecule has 0 aliphatic carbocycles. The predicted molar refractivity (Wildman–Crippen MR) is 107 cm³/mol. The Morgan fingerprint density at radius 1 is 0.562 bits per heavy atom. The van der Waals surface area contributed by atoms with Crippen LogP contribution in [-0.2, 0) is 38.7 Å². The lowest BCUT2D eigenvalue weighted by Gasteiger charge is -2.32. The van der Waals surface area contributed by atoms with E-state index in [0.717, 1.165) is 0 Å². The Morgan fingerprint density at radius 3 is 1.03 bits per heavy atom. The minimum Gasteiger partial charge on any atom is -0.480 e. The summed E-state index contributed by atoms with van der Waals surface area (Å²) in [7, 11) is 2.43. The van der Waals surface area contributed by atoms with Crippen molar-refractivity contribution in [3.63, 3.8) is 0 Å². The Bertz CT molecular complexity index is 569. The predicted octanol–water partition coefficient (Wildman–Crippen LogP) is -2.41. The molecule has 1 aliphatic heterocycles. The molecule has 1 heterocycles. The number of nitrogens with zero attached hydrogens (tertiary/aromatic N) is 4. The van der Waals surface area contributed by atoms with Gasteiger partial charge in [0.15, 0.2) is 0 Å². The van der Waals surface area contributed by atoms with Gasteiger partial charge in [-0.2, -0.15) is 9.78 Å². The standard InChI is InChI=1S/C18H32N4O10/c1-29-31-17(27)13-21-7-5-19(11-15(23)24)3-4-20(12-16(25)26)6-8-22(10-9-21)14-18(28)32-30-2/h3-14H2,1-2H3,(H,23,24)(H,25,26). The zero-order valence-corrected chi connectivity index (χ0v) is 18.4. The first-order chi connectivity index (χ1) is 15.2. The van der Waals surface area contributed by atoms with Gasteiger partial charge in [0.1, 0.15) is 13.1 Å². The summed E-state index contributed by atoms with van der Waals surface area (Å²) in [6.07, 6.45) is 0. The average molecular weight is 464 g/mol. The number of carboxylic acids is 2. The van der Waals surface area contributed by atoms with E-state index < -0.39 is 23.9 Å². The lowest BCUT2D eigenvalue weighted by atomic mass is 10.3. The molecule has 1 fully saturated rings. The molecule has 14 nitrogen and oxygen atoms in total. The Morgan fingerprint density at radius 2 is 0.812 bits per heavy atom. The molecule has 0 amide bonds. The molecule has 0 spiro atoms. The van der Waals surface area contributed by atoms with Crippen molar-refractivity contribution in [2.24, 2.45) is 0 Å². The Hall–Kier alpha value is -2.36. The molecule has 0 atom stereocenters. The van der Waals surface area contributed by atoms with Gasteiger partial charge in [-0.15, -0.1) is 0 Å². The van der Waals surface area contributed by atoms with Crippen LogP contribution in [0.25, 0.3) is 0 Å². The van der Waals surface area contributed by atoms with Crippen molar-refractivity contribution in [3.8, 4) is 0 Å². The van der Waals surface area contributed by atoms with Crippen LogP contribution in [0.15, 0.2) is 0 Å². The number of carbonyl (C=O) groups is 4.